The molecule has 0 bridgehead atoms. The van der Waals surface area contributed by atoms with Crippen molar-refractivity contribution in [2.45, 2.75) is 19.0 Å². The van der Waals surface area contributed by atoms with Gasteiger partial charge < -0.3 is 15.5 Å². The van der Waals surface area contributed by atoms with Gasteiger partial charge in [0.15, 0.2) is 0 Å². The Balaban J connectivity index is 1.50. The number of fused-ring (bicyclic) bond motifs is 1. The van der Waals surface area contributed by atoms with Gasteiger partial charge in [0.2, 0.25) is 0 Å². The molecule has 1 aliphatic heterocycles. The number of rotatable bonds is 6. The van der Waals surface area contributed by atoms with Crippen LogP contribution in [-0.4, -0.2) is 38.1 Å². The van der Waals surface area contributed by atoms with Crippen LogP contribution in [0, 0.1) is 0 Å². The molecule has 1 unspecified atom stereocenters. The number of urea groups is 1. The van der Waals surface area contributed by atoms with Crippen LogP contribution in [-0.2, 0) is 13.0 Å². The van der Waals surface area contributed by atoms with E-state index in [1.54, 1.807) is 12.1 Å². The van der Waals surface area contributed by atoms with Gasteiger partial charge in [-0.1, -0.05) is 54.1 Å². The molecule has 2 amide bonds. The van der Waals surface area contributed by atoms with E-state index in [1.165, 1.54) is 16.7 Å². The molecule has 1 heterocycles. The van der Waals surface area contributed by atoms with Crippen LogP contribution in [0.4, 0.5) is 16.2 Å². The molecule has 0 saturated heterocycles. The third-order valence-electron chi connectivity index (χ3n) is 5.93. The molecule has 5 nitrogen and oxygen atoms in total. The van der Waals surface area contributed by atoms with E-state index in [9.17, 15) is 4.79 Å². The molecule has 3 aromatic carbocycles. The van der Waals surface area contributed by atoms with Crippen LogP contribution in [0.5, 0.6) is 0 Å². The van der Waals surface area contributed by atoms with Crippen LogP contribution < -0.4 is 15.5 Å². The van der Waals surface area contributed by atoms with E-state index in [0.717, 1.165) is 25.2 Å². The molecule has 4 rings (SSSR count). The first-order valence-electron chi connectivity index (χ1n) is 10.9. The number of anilines is 2. The maximum atomic E-state index is 12.6. The van der Waals surface area contributed by atoms with Crippen LogP contribution in [0.25, 0.3) is 0 Å². The highest BCUT2D eigenvalue weighted by atomic mass is 35.5. The molecule has 0 aromatic heterocycles. The Hall–Kier alpha value is -3.02. The average Bonchev–Trinajstić information content (AvgIpc) is 2.79. The normalized spacial score (nSPS) is 14.3. The van der Waals surface area contributed by atoms with E-state index in [-0.39, 0.29) is 12.1 Å². The topological polar surface area (TPSA) is 47.6 Å². The summed E-state index contributed by atoms with van der Waals surface area (Å²) in [5.41, 5.74) is 5.80. The second-order valence-corrected chi connectivity index (χ2v) is 8.77. The Morgan fingerprint density at radius 1 is 1.03 bits per heavy atom. The summed E-state index contributed by atoms with van der Waals surface area (Å²) in [6.45, 7) is 2.33. The predicted octanol–water partition coefficient (Wildman–Crippen LogP) is 5.33. The molecular weight excluding hydrogens is 420 g/mol. The molecule has 0 saturated carbocycles. The van der Waals surface area contributed by atoms with Crippen LogP contribution in [0.2, 0.25) is 5.02 Å². The first-order valence-corrected chi connectivity index (χ1v) is 11.3. The monoisotopic (exact) mass is 448 g/mol. The SMILES string of the molecule is CN(C)c1ccc(C(CNC(=O)Nc2cccc(Cl)c2)N2CCc3ccccc3C2)cc1. The number of benzene rings is 3. The Morgan fingerprint density at radius 2 is 1.78 bits per heavy atom. The van der Waals surface area contributed by atoms with E-state index in [0.29, 0.717) is 17.3 Å². The third kappa shape index (κ3) is 5.42. The van der Waals surface area contributed by atoms with Gasteiger partial charge in [0.1, 0.15) is 0 Å². The molecule has 0 aliphatic carbocycles. The smallest absolute Gasteiger partial charge is 0.319 e. The fraction of sp³-hybridized carbons (Fsp3) is 0.269. The molecule has 2 N–H and O–H groups in total. The minimum Gasteiger partial charge on any atom is -0.378 e. The standard InChI is InChI=1S/C26H29ClN4O/c1-30(2)24-12-10-20(11-13-24)25(31-15-14-19-6-3-4-7-21(19)18-31)17-28-26(32)29-23-9-5-8-22(27)16-23/h3-13,16,25H,14-15,17-18H2,1-2H3,(H2,28,29,32). The number of nitrogens with zero attached hydrogens (tertiary/aromatic N) is 2. The molecular formula is C26H29ClN4O. The highest BCUT2D eigenvalue weighted by molar-refractivity contribution is 6.30. The summed E-state index contributed by atoms with van der Waals surface area (Å²) < 4.78 is 0. The Kier molecular flexibility index (Phi) is 6.98. The van der Waals surface area contributed by atoms with Gasteiger partial charge in [-0.05, 0) is 53.4 Å². The van der Waals surface area contributed by atoms with Crippen molar-refractivity contribution < 1.29 is 4.79 Å². The first-order chi connectivity index (χ1) is 15.5. The number of halogens is 1. The van der Waals surface area contributed by atoms with Gasteiger partial charge in [-0.2, -0.15) is 0 Å². The molecule has 0 spiro atoms. The largest absolute Gasteiger partial charge is 0.378 e. The third-order valence-corrected chi connectivity index (χ3v) is 6.17. The highest BCUT2D eigenvalue weighted by Gasteiger charge is 2.25. The first kappa shape index (κ1) is 22.2. The maximum absolute atomic E-state index is 12.6. The summed E-state index contributed by atoms with van der Waals surface area (Å²) in [5.74, 6) is 0. The zero-order chi connectivity index (χ0) is 22.5. The molecule has 1 aliphatic rings. The lowest BCUT2D eigenvalue weighted by atomic mass is 9.96. The second-order valence-electron chi connectivity index (χ2n) is 8.34. The van der Waals surface area contributed by atoms with Crippen LogP contribution in [0.15, 0.2) is 72.8 Å². The number of nitrogens with one attached hydrogen (secondary N) is 2. The molecule has 166 valence electrons. The molecule has 1 atom stereocenters. The van der Waals surface area contributed by atoms with E-state index >= 15 is 0 Å². The Morgan fingerprint density at radius 3 is 2.50 bits per heavy atom. The fourth-order valence-corrected chi connectivity index (χ4v) is 4.36. The quantitative estimate of drug-likeness (QED) is 0.536. The highest BCUT2D eigenvalue weighted by Crippen LogP contribution is 2.29. The number of carbonyl (C=O) groups excluding carboxylic acids is 1. The van der Waals surface area contributed by atoms with Gasteiger partial charge >= 0.3 is 6.03 Å². The average molecular weight is 449 g/mol. The zero-order valence-electron chi connectivity index (χ0n) is 18.5. The van der Waals surface area contributed by atoms with E-state index in [1.807, 2.05) is 26.2 Å². The molecule has 0 radical (unpaired) electrons. The molecule has 3 aromatic rings. The Bertz CT molecular complexity index is 1070. The van der Waals surface area contributed by atoms with Crippen LogP contribution >= 0.6 is 11.6 Å². The predicted molar refractivity (Wildman–Crippen MR) is 133 cm³/mol. The second kappa shape index (κ2) is 10.1. The van der Waals surface area contributed by atoms with E-state index in [2.05, 4.69) is 69.0 Å². The number of carbonyl (C=O) groups is 1. The van der Waals surface area contributed by atoms with Crippen LogP contribution in [0.3, 0.4) is 0 Å². The maximum Gasteiger partial charge on any atom is 0.319 e. The van der Waals surface area contributed by atoms with E-state index in [4.69, 9.17) is 11.6 Å². The van der Waals surface area contributed by atoms with Gasteiger partial charge in [-0.3, -0.25) is 4.90 Å². The van der Waals surface area contributed by atoms with Gasteiger partial charge in [0.05, 0.1) is 6.04 Å². The van der Waals surface area contributed by atoms with Crippen molar-refractivity contribution in [1.82, 2.24) is 10.2 Å². The molecule has 32 heavy (non-hydrogen) atoms. The summed E-state index contributed by atoms with van der Waals surface area (Å²) in [4.78, 5) is 17.1. The summed E-state index contributed by atoms with van der Waals surface area (Å²) in [5, 5.41) is 6.53. The van der Waals surface area contributed by atoms with Crippen molar-refractivity contribution in [3.05, 3.63) is 94.5 Å². The fourth-order valence-electron chi connectivity index (χ4n) is 4.17. The molecule has 6 heteroatoms. The van der Waals surface area contributed by atoms with Crippen molar-refractivity contribution >= 4 is 29.0 Å². The van der Waals surface area contributed by atoms with Gasteiger partial charge in [-0.25, -0.2) is 4.79 Å². The summed E-state index contributed by atoms with van der Waals surface area (Å²) in [6.07, 6.45) is 1.01. The van der Waals surface area contributed by atoms with Crippen molar-refractivity contribution in [3.63, 3.8) is 0 Å². The van der Waals surface area contributed by atoms with Crippen molar-refractivity contribution in [2.24, 2.45) is 0 Å². The summed E-state index contributed by atoms with van der Waals surface area (Å²) in [7, 11) is 4.07. The zero-order valence-corrected chi connectivity index (χ0v) is 19.3. The minimum atomic E-state index is -0.236. The number of amides is 2. The van der Waals surface area contributed by atoms with Crippen molar-refractivity contribution in [3.8, 4) is 0 Å². The van der Waals surface area contributed by atoms with Gasteiger partial charge in [-0.15, -0.1) is 0 Å². The van der Waals surface area contributed by atoms with Gasteiger partial charge in [0, 0.05) is 50.1 Å². The van der Waals surface area contributed by atoms with E-state index < -0.39 is 0 Å². The summed E-state index contributed by atoms with van der Waals surface area (Å²) in [6, 6.07) is 24.2. The van der Waals surface area contributed by atoms with Crippen molar-refractivity contribution in [1.29, 1.82) is 0 Å². The Labute approximate surface area is 195 Å². The van der Waals surface area contributed by atoms with Gasteiger partial charge in [0.25, 0.3) is 0 Å². The lowest BCUT2D eigenvalue weighted by Crippen LogP contribution is -2.41. The number of hydrogen-bond acceptors (Lipinski definition) is 3. The summed E-state index contributed by atoms with van der Waals surface area (Å²) >= 11 is 6.03. The lowest BCUT2D eigenvalue weighted by Gasteiger charge is -2.36. The number of hydrogen-bond donors (Lipinski definition) is 2. The van der Waals surface area contributed by atoms with Crippen molar-refractivity contribution in [2.75, 3.05) is 37.4 Å². The minimum absolute atomic E-state index is 0.0738. The lowest BCUT2D eigenvalue weighted by molar-refractivity contribution is 0.175. The molecule has 0 fully saturated rings. The van der Waals surface area contributed by atoms with Crippen LogP contribution in [0.1, 0.15) is 22.7 Å².